The molecule has 7 heteroatoms. The van der Waals surface area contributed by atoms with Crippen LogP contribution in [0.2, 0.25) is 0 Å². The molecule has 86 valence electrons. The number of nitrogens with one attached hydrogen (secondary N) is 1. The molecule has 2 amide bonds. The fraction of sp³-hybridized carbons (Fsp3) is 0. The summed E-state index contributed by atoms with van der Waals surface area (Å²) in [6, 6.07) is 5.13. The Kier molecular flexibility index (Phi) is 2.36. The molecule has 0 atom stereocenters. The van der Waals surface area contributed by atoms with Crippen LogP contribution in [-0.4, -0.2) is 21.8 Å². The molecule has 1 aromatic rings. The van der Waals surface area contributed by atoms with E-state index in [2.05, 4.69) is 0 Å². The predicted molar refractivity (Wildman–Crippen MR) is 55.8 cm³/mol. The van der Waals surface area contributed by atoms with Crippen molar-refractivity contribution in [3.8, 4) is 0 Å². The number of carbonyl (C=O) groups excluding carboxylic acids is 2. The van der Waals surface area contributed by atoms with Gasteiger partial charge in [0.1, 0.15) is 0 Å². The molecule has 0 aromatic heterocycles. The molecule has 17 heavy (non-hydrogen) atoms. The lowest BCUT2D eigenvalue weighted by atomic mass is 10.1. The van der Waals surface area contributed by atoms with Crippen molar-refractivity contribution in [2.24, 2.45) is 0 Å². The van der Waals surface area contributed by atoms with Crippen molar-refractivity contribution in [2.75, 3.05) is 0 Å². The van der Waals surface area contributed by atoms with Crippen molar-refractivity contribution in [2.45, 2.75) is 0 Å². The lowest BCUT2D eigenvalue weighted by Gasteiger charge is -1.99. The van der Waals surface area contributed by atoms with Crippen LogP contribution in [0.5, 0.6) is 0 Å². The summed E-state index contributed by atoms with van der Waals surface area (Å²) in [5.74, 6) is -2.40. The molecule has 0 aliphatic carbocycles. The van der Waals surface area contributed by atoms with Crippen LogP contribution in [0.4, 0.5) is 5.69 Å². The van der Waals surface area contributed by atoms with Gasteiger partial charge in [-0.05, 0) is 5.56 Å². The Morgan fingerprint density at radius 1 is 1.24 bits per heavy atom. The Morgan fingerprint density at radius 2 is 1.94 bits per heavy atom. The highest BCUT2D eigenvalue weighted by atomic mass is 16.6. The second-order valence-electron chi connectivity index (χ2n) is 3.31. The molecule has 7 nitrogen and oxygen atoms in total. The van der Waals surface area contributed by atoms with Crippen molar-refractivity contribution in [3.63, 3.8) is 0 Å². The topological polar surface area (TPSA) is 110 Å². The molecule has 2 N–H and O–H groups in total. The van der Waals surface area contributed by atoms with Crippen LogP contribution in [0.15, 0.2) is 30.0 Å². The van der Waals surface area contributed by atoms with E-state index < -0.39 is 22.5 Å². The SMILES string of the molecule is O=C1NC(=O)C(c2cccc([N+](=O)[O-])c2)=C1O. The first-order valence-corrected chi connectivity index (χ1v) is 4.54. The lowest BCUT2D eigenvalue weighted by Crippen LogP contribution is -2.22. The molecule has 1 heterocycles. The highest BCUT2D eigenvalue weighted by molar-refractivity contribution is 6.35. The molecule has 0 radical (unpaired) electrons. The summed E-state index contributed by atoms with van der Waals surface area (Å²) < 4.78 is 0. The monoisotopic (exact) mass is 234 g/mol. The minimum atomic E-state index is -0.906. The number of non-ortho nitro benzene ring substituents is 1. The van der Waals surface area contributed by atoms with Crippen LogP contribution in [0.25, 0.3) is 5.57 Å². The van der Waals surface area contributed by atoms with Gasteiger partial charge in [-0.2, -0.15) is 0 Å². The molecular formula is C10H6N2O5. The second kappa shape index (κ2) is 3.71. The summed E-state index contributed by atoms with van der Waals surface area (Å²) >= 11 is 0. The highest BCUT2D eigenvalue weighted by Crippen LogP contribution is 2.25. The highest BCUT2D eigenvalue weighted by Gasteiger charge is 2.31. The van der Waals surface area contributed by atoms with E-state index in [1.54, 1.807) is 0 Å². The number of aliphatic hydroxyl groups is 1. The number of nitrogens with zero attached hydrogens (tertiary/aromatic N) is 1. The maximum absolute atomic E-state index is 11.4. The van der Waals surface area contributed by atoms with Crippen LogP contribution in [-0.2, 0) is 9.59 Å². The lowest BCUT2D eigenvalue weighted by molar-refractivity contribution is -0.384. The van der Waals surface area contributed by atoms with Gasteiger partial charge in [0.2, 0.25) is 0 Å². The summed E-state index contributed by atoms with van der Waals surface area (Å²) in [6.45, 7) is 0. The molecule has 1 aromatic carbocycles. The zero-order valence-corrected chi connectivity index (χ0v) is 8.34. The Bertz CT molecular complexity index is 576. The third-order valence-corrected chi connectivity index (χ3v) is 2.25. The number of hydrogen-bond donors (Lipinski definition) is 2. The number of aliphatic hydroxyl groups excluding tert-OH is 1. The first kappa shape index (κ1) is 10.8. The largest absolute Gasteiger partial charge is 0.502 e. The normalized spacial score (nSPS) is 15.1. The summed E-state index contributed by atoms with van der Waals surface area (Å²) in [4.78, 5) is 32.3. The van der Waals surface area contributed by atoms with Crippen molar-refractivity contribution < 1.29 is 19.6 Å². The minimum Gasteiger partial charge on any atom is -0.502 e. The minimum absolute atomic E-state index is 0.125. The number of nitro groups is 1. The van der Waals surface area contributed by atoms with Crippen LogP contribution >= 0.6 is 0 Å². The Morgan fingerprint density at radius 3 is 2.47 bits per heavy atom. The number of carbonyl (C=O) groups is 2. The maximum atomic E-state index is 11.4. The van der Waals surface area contributed by atoms with E-state index in [4.69, 9.17) is 0 Å². The quantitative estimate of drug-likeness (QED) is 0.440. The Hall–Kier alpha value is -2.70. The average molecular weight is 234 g/mol. The van der Waals surface area contributed by atoms with E-state index in [0.717, 1.165) is 6.07 Å². The Labute approximate surface area is 94.5 Å². The number of rotatable bonds is 2. The van der Waals surface area contributed by atoms with Gasteiger partial charge >= 0.3 is 0 Å². The molecule has 1 aliphatic rings. The molecule has 0 saturated carbocycles. The van der Waals surface area contributed by atoms with Gasteiger partial charge in [0.05, 0.1) is 10.5 Å². The summed E-state index contributed by atoms with van der Waals surface area (Å²) in [6.07, 6.45) is 0. The molecule has 1 aliphatic heterocycles. The average Bonchev–Trinajstić information content (AvgIpc) is 2.53. The van der Waals surface area contributed by atoms with Gasteiger partial charge in [-0.15, -0.1) is 0 Å². The smallest absolute Gasteiger partial charge is 0.293 e. The third-order valence-electron chi connectivity index (χ3n) is 2.25. The van der Waals surface area contributed by atoms with E-state index in [1.807, 2.05) is 5.32 Å². The molecule has 2 rings (SSSR count). The number of nitro benzene ring substituents is 1. The van der Waals surface area contributed by atoms with Crippen LogP contribution in [0.1, 0.15) is 5.56 Å². The fourth-order valence-electron chi connectivity index (χ4n) is 1.49. The Balaban J connectivity index is 2.55. The summed E-state index contributed by atoms with van der Waals surface area (Å²) in [5, 5.41) is 21.8. The standard InChI is InChI=1S/C10H6N2O5/c13-8-7(9(14)11-10(8)15)5-2-1-3-6(4-5)12(16)17/h1-4H,(H2,11,13,14,15). The third kappa shape index (κ3) is 1.73. The predicted octanol–water partition coefficient (Wildman–Crippen LogP) is 0.520. The zero-order chi connectivity index (χ0) is 12.6. The van der Waals surface area contributed by atoms with E-state index >= 15 is 0 Å². The van der Waals surface area contributed by atoms with E-state index in [0.29, 0.717) is 0 Å². The number of imide groups is 1. The van der Waals surface area contributed by atoms with Gasteiger partial charge in [-0.1, -0.05) is 12.1 Å². The molecule has 0 saturated heterocycles. The van der Waals surface area contributed by atoms with Gasteiger partial charge in [0.15, 0.2) is 5.76 Å². The first-order valence-electron chi connectivity index (χ1n) is 4.54. The van der Waals surface area contributed by atoms with Gasteiger partial charge in [-0.25, -0.2) is 0 Å². The zero-order valence-electron chi connectivity index (χ0n) is 8.34. The maximum Gasteiger partial charge on any atom is 0.293 e. The van der Waals surface area contributed by atoms with E-state index in [-0.39, 0.29) is 16.8 Å². The summed E-state index contributed by atoms with van der Waals surface area (Å²) in [5.41, 5.74) is -0.353. The van der Waals surface area contributed by atoms with E-state index in [1.165, 1.54) is 18.2 Å². The fourth-order valence-corrected chi connectivity index (χ4v) is 1.49. The van der Waals surface area contributed by atoms with E-state index in [9.17, 15) is 24.8 Å². The van der Waals surface area contributed by atoms with Crippen LogP contribution in [0, 0.1) is 10.1 Å². The van der Waals surface area contributed by atoms with Gasteiger partial charge in [0.25, 0.3) is 17.5 Å². The van der Waals surface area contributed by atoms with Crippen LogP contribution < -0.4 is 5.32 Å². The van der Waals surface area contributed by atoms with Crippen molar-refractivity contribution in [3.05, 3.63) is 45.7 Å². The summed E-state index contributed by atoms with van der Waals surface area (Å²) in [7, 11) is 0. The number of hydrogen-bond acceptors (Lipinski definition) is 5. The number of benzene rings is 1. The number of amides is 2. The van der Waals surface area contributed by atoms with Crippen molar-refractivity contribution in [1.29, 1.82) is 0 Å². The van der Waals surface area contributed by atoms with Crippen molar-refractivity contribution >= 4 is 23.1 Å². The van der Waals surface area contributed by atoms with Gasteiger partial charge in [-0.3, -0.25) is 25.0 Å². The molecule has 0 unspecified atom stereocenters. The van der Waals surface area contributed by atoms with Crippen LogP contribution in [0.3, 0.4) is 0 Å². The second-order valence-corrected chi connectivity index (χ2v) is 3.31. The molecular weight excluding hydrogens is 228 g/mol. The molecule has 0 bridgehead atoms. The first-order chi connectivity index (χ1) is 8.00. The van der Waals surface area contributed by atoms with Gasteiger partial charge < -0.3 is 5.11 Å². The van der Waals surface area contributed by atoms with Crippen molar-refractivity contribution in [1.82, 2.24) is 5.32 Å². The molecule has 0 fully saturated rings. The molecule has 0 spiro atoms. The van der Waals surface area contributed by atoms with Gasteiger partial charge in [0, 0.05) is 12.1 Å².